The first kappa shape index (κ1) is 8.74. The number of hydrogen-bond donors (Lipinski definition) is 0. The van der Waals surface area contributed by atoms with Crippen molar-refractivity contribution < 1.29 is 8.83 Å². The van der Waals surface area contributed by atoms with Crippen LogP contribution in [0.2, 0.25) is 0 Å². The summed E-state index contributed by atoms with van der Waals surface area (Å²) in [6.45, 7) is 2.02. The van der Waals surface area contributed by atoms with Crippen LogP contribution in [0.15, 0.2) is 21.2 Å². The minimum absolute atomic E-state index is 0.523. The van der Waals surface area contributed by atoms with Gasteiger partial charge in [0.25, 0.3) is 9.79 Å². The van der Waals surface area contributed by atoms with E-state index in [9.17, 15) is 0 Å². The fourth-order valence-corrected chi connectivity index (χ4v) is 1.44. The first-order valence-electron chi connectivity index (χ1n) is 3.87. The third kappa shape index (κ3) is 1.60. The molecule has 4 nitrogen and oxygen atoms in total. The summed E-state index contributed by atoms with van der Waals surface area (Å²) in [5.41, 5.74) is 0.887. The Morgan fingerprint density at radius 2 is 2.31 bits per heavy atom. The van der Waals surface area contributed by atoms with Crippen LogP contribution in [0, 0.1) is 3.90 Å². The van der Waals surface area contributed by atoms with E-state index in [1.54, 1.807) is 6.26 Å². The van der Waals surface area contributed by atoms with Crippen LogP contribution >= 0.6 is 22.6 Å². The van der Waals surface area contributed by atoms with Gasteiger partial charge in [-0.2, -0.15) is 0 Å². The van der Waals surface area contributed by atoms with Crippen LogP contribution in [0.3, 0.4) is 0 Å². The maximum absolute atomic E-state index is 5.27. The third-order valence-corrected chi connectivity index (χ3v) is 2.13. The summed E-state index contributed by atoms with van der Waals surface area (Å²) in [5.74, 6) is 1.40. The van der Waals surface area contributed by atoms with E-state index >= 15 is 0 Å². The molecule has 2 rings (SSSR count). The molecule has 0 amide bonds. The molecule has 0 aliphatic carbocycles. The Bertz CT molecular complexity index is 408. The molecule has 0 fully saturated rings. The Balaban J connectivity index is 2.45. The van der Waals surface area contributed by atoms with Gasteiger partial charge in [-0.1, -0.05) is 6.92 Å². The van der Waals surface area contributed by atoms with E-state index in [1.165, 1.54) is 0 Å². The van der Waals surface area contributed by atoms with Crippen molar-refractivity contribution in [3.8, 4) is 11.5 Å². The molecule has 0 saturated heterocycles. The summed E-state index contributed by atoms with van der Waals surface area (Å²) in [6, 6.07) is 1.84. The maximum atomic E-state index is 5.27. The number of rotatable bonds is 2. The summed E-state index contributed by atoms with van der Waals surface area (Å²) >= 11 is 1.98. The van der Waals surface area contributed by atoms with Crippen LogP contribution in [0.25, 0.3) is 11.5 Å². The molecule has 2 aromatic heterocycles. The van der Waals surface area contributed by atoms with Crippen molar-refractivity contribution in [2.75, 3.05) is 0 Å². The first-order valence-corrected chi connectivity index (χ1v) is 4.95. The van der Waals surface area contributed by atoms with Crippen molar-refractivity contribution in [1.82, 2.24) is 10.2 Å². The summed E-state index contributed by atoms with van der Waals surface area (Å²) in [7, 11) is 0. The van der Waals surface area contributed by atoms with E-state index in [0.717, 1.165) is 17.7 Å². The van der Waals surface area contributed by atoms with Gasteiger partial charge in [-0.15, -0.1) is 10.2 Å². The molecule has 68 valence electrons. The van der Waals surface area contributed by atoms with Gasteiger partial charge in [0, 0.05) is 29.0 Å². The average molecular weight is 290 g/mol. The van der Waals surface area contributed by atoms with Gasteiger partial charge in [-0.3, -0.25) is 0 Å². The van der Waals surface area contributed by atoms with Crippen molar-refractivity contribution >= 4 is 22.6 Å². The zero-order chi connectivity index (χ0) is 9.26. The molecule has 0 aromatic carbocycles. The predicted molar refractivity (Wildman–Crippen MR) is 54.1 cm³/mol. The Hall–Kier alpha value is -0.850. The van der Waals surface area contributed by atoms with Crippen LogP contribution in [0.1, 0.15) is 12.7 Å². The van der Waals surface area contributed by atoms with E-state index in [4.69, 9.17) is 8.83 Å². The minimum atomic E-state index is 0.523. The highest BCUT2D eigenvalue weighted by molar-refractivity contribution is 14.1. The monoisotopic (exact) mass is 290 g/mol. The zero-order valence-electron chi connectivity index (χ0n) is 6.95. The Kier molecular flexibility index (Phi) is 2.34. The number of halogens is 1. The second-order valence-corrected chi connectivity index (χ2v) is 3.39. The number of furan rings is 1. The normalized spacial score (nSPS) is 10.6. The molecule has 0 bridgehead atoms. The van der Waals surface area contributed by atoms with Crippen molar-refractivity contribution in [2.45, 2.75) is 13.3 Å². The van der Waals surface area contributed by atoms with E-state index in [1.807, 2.05) is 35.6 Å². The lowest BCUT2D eigenvalue weighted by atomic mass is 10.2. The maximum Gasteiger partial charge on any atom is 0.278 e. The molecule has 0 atom stereocenters. The molecule has 0 N–H and O–H groups in total. The highest BCUT2D eigenvalue weighted by atomic mass is 127. The zero-order valence-corrected chi connectivity index (χ0v) is 9.11. The lowest BCUT2D eigenvalue weighted by Gasteiger charge is -1.91. The van der Waals surface area contributed by atoms with Crippen molar-refractivity contribution in [3.63, 3.8) is 0 Å². The summed E-state index contributed by atoms with van der Waals surface area (Å²) < 4.78 is 11.1. The van der Waals surface area contributed by atoms with E-state index in [-0.39, 0.29) is 0 Å². The van der Waals surface area contributed by atoms with E-state index < -0.39 is 0 Å². The number of aryl methyl sites for hydroxylation is 1. The Labute approximate surface area is 88.5 Å². The highest BCUT2D eigenvalue weighted by Crippen LogP contribution is 2.24. The summed E-state index contributed by atoms with van der Waals surface area (Å²) in [6.07, 6.45) is 2.45. The molecule has 0 saturated carbocycles. The standard InChI is InChI=1S/C8H7IN2O2/c1-2-6-5(3-4-12-6)7-10-11-8(9)13-7/h3-4H,2H2,1H3. The number of nitrogens with zero attached hydrogens (tertiary/aromatic N) is 2. The molecule has 2 heterocycles. The molecular weight excluding hydrogens is 283 g/mol. The minimum Gasteiger partial charge on any atom is -0.469 e. The van der Waals surface area contributed by atoms with Crippen molar-refractivity contribution in [2.24, 2.45) is 0 Å². The van der Waals surface area contributed by atoms with Crippen LogP contribution in [0.4, 0.5) is 0 Å². The second-order valence-electron chi connectivity index (χ2n) is 2.47. The molecule has 0 aliphatic heterocycles. The summed E-state index contributed by atoms with van der Waals surface area (Å²) in [5, 5.41) is 7.66. The fourth-order valence-electron chi connectivity index (χ4n) is 1.12. The van der Waals surface area contributed by atoms with Crippen LogP contribution in [-0.2, 0) is 6.42 Å². The summed E-state index contributed by atoms with van der Waals surface area (Å²) in [4.78, 5) is 0. The SMILES string of the molecule is CCc1occc1-c1nnc(I)o1. The van der Waals surface area contributed by atoms with Gasteiger partial charge in [0.2, 0.25) is 0 Å². The molecule has 0 radical (unpaired) electrons. The van der Waals surface area contributed by atoms with Crippen molar-refractivity contribution in [3.05, 3.63) is 22.0 Å². The van der Waals surface area contributed by atoms with Gasteiger partial charge in [0.05, 0.1) is 11.8 Å². The lowest BCUT2D eigenvalue weighted by molar-refractivity contribution is 0.508. The molecule has 5 heteroatoms. The van der Waals surface area contributed by atoms with Gasteiger partial charge in [-0.25, -0.2) is 0 Å². The quantitative estimate of drug-likeness (QED) is 0.797. The average Bonchev–Trinajstić information content (AvgIpc) is 2.71. The predicted octanol–water partition coefficient (Wildman–Crippen LogP) is 2.50. The van der Waals surface area contributed by atoms with E-state index in [0.29, 0.717) is 9.79 Å². The smallest absolute Gasteiger partial charge is 0.278 e. The molecule has 0 aliphatic rings. The van der Waals surface area contributed by atoms with Gasteiger partial charge in [0.1, 0.15) is 5.76 Å². The fraction of sp³-hybridized carbons (Fsp3) is 0.250. The van der Waals surface area contributed by atoms with Crippen molar-refractivity contribution in [1.29, 1.82) is 0 Å². The molecule has 2 aromatic rings. The van der Waals surface area contributed by atoms with Gasteiger partial charge < -0.3 is 8.83 Å². The molecule has 0 spiro atoms. The lowest BCUT2D eigenvalue weighted by Crippen LogP contribution is -1.81. The van der Waals surface area contributed by atoms with Gasteiger partial charge in [0.15, 0.2) is 0 Å². The Morgan fingerprint density at radius 3 is 2.92 bits per heavy atom. The van der Waals surface area contributed by atoms with Gasteiger partial charge in [-0.05, 0) is 6.07 Å². The van der Waals surface area contributed by atoms with Crippen LogP contribution in [-0.4, -0.2) is 10.2 Å². The highest BCUT2D eigenvalue weighted by Gasteiger charge is 2.12. The molecule has 0 unspecified atom stereocenters. The number of aromatic nitrogens is 2. The van der Waals surface area contributed by atoms with Crippen LogP contribution in [0.5, 0.6) is 0 Å². The largest absolute Gasteiger partial charge is 0.469 e. The van der Waals surface area contributed by atoms with E-state index in [2.05, 4.69) is 10.2 Å². The number of hydrogen-bond acceptors (Lipinski definition) is 4. The topological polar surface area (TPSA) is 52.1 Å². The molecular formula is C8H7IN2O2. The second kappa shape index (κ2) is 3.49. The van der Waals surface area contributed by atoms with Crippen LogP contribution < -0.4 is 0 Å². The Morgan fingerprint density at radius 1 is 1.46 bits per heavy atom. The first-order chi connectivity index (χ1) is 6.31. The third-order valence-electron chi connectivity index (χ3n) is 1.70. The van der Waals surface area contributed by atoms with Gasteiger partial charge >= 0.3 is 0 Å². The molecule has 13 heavy (non-hydrogen) atoms.